The fourth-order valence-corrected chi connectivity index (χ4v) is 3.64. The molecule has 0 saturated carbocycles. The Morgan fingerprint density at radius 2 is 2.03 bits per heavy atom. The highest BCUT2D eigenvalue weighted by atomic mass is 16.6. The molecule has 0 saturated heterocycles. The Morgan fingerprint density at radius 3 is 2.69 bits per heavy atom. The van der Waals surface area contributed by atoms with Gasteiger partial charge < -0.3 is 16.0 Å². The van der Waals surface area contributed by atoms with Gasteiger partial charge in [0, 0.05) is 47.6 Å². The summed E-state index contributed by atoms with van der Waals surface area (Å²) >= 11 is 0. The van der Waals surface area contributed by atoms with Crippen LogP contribution in [0.15, 0.2) is 36.4 Å². The van der Waals surface area contributed by atoms with E-state index in [1.165, 1.54) is 12.1 Å². The normalized spacial score (nSPS) is 13.1. The zero-order valence-electron chi connectivity index (χ0n) is 16.5. The predicted octanol–water partition coefficient (Wildman–Crippen LogP) is 2.78. The van der Waals surface area contributed by atoms with Crippen molar-refractivity contribution < 1.29 is 14.5 Å². The monoisotopic (exact) mass is 396 g/mol. The topological polar surface area (TPSA) is 119 Å². The average Bonchev–Trinajstić information content (AvgIpc) is 2.67. The lowest BCUT2D eigenvalue weighted by molar-refractivity contribution is -0.385. The number of amides is 2. The molecule has 2 aromatic carbocycles. The van der Waals surface area contributed by atoms with Crippen LogP contribution in [0.3, 0.4) is 0 Å². The van der Waals surface area contributed by atoms with Gasteiger partial charge in [0.1, 0.15) is 0 Å². The van der Waals surface area contributed by atoms with Crippen molar-refractivity contribution in [3.8, 4) is 0 Å². The Morgan fingerprint density at radius 1 is 1.28 bits per heavy atom. The summed E-state index contributed by atoms with van der Waals surface area (Å²) in [5, 5.41) is 14.4. The standard InChI is InChI=1S/C21H24N4O4/c1-13(2)23-21(27)17-5-3-7-18-16(17)6-4-10-24(18)12-15-9-8-14(20(22)26)11-19(15)25(28)29/h3,5,7-9,11,13H,4,6,10,12H2,1-2H3,(H2,22,26)(H,23,27). The number of primary amides is 1. The van der Waals surface area contributed by atoms with Crippen LogP contribution in [0.4, 0.5) is 11.4 Å². The largest absolute Gasteiger partial charge is 0.367 e. The van der Waals surface area contributed by atoms with Crippen LogP contribution in [0.25, 0.3) is 0 Å². The summed E-state index contributed by atoms with van der Waals surface area (Å²) in [6.07, 6.45) is 1.61. The van der Waals surface area contributed by atoms with Gasteiger partial charge >= 0.3 is 0 Å². The Hall–Kier alpha value is -3.42. The second kappa shape index (κ2) is 8.30. The third kappa shape index (κ3) is 4.37. The number of hydrogen-bond donors (Lipinski definition) is 2. The molecule has 2 aromatic rings. The quantitative estimate of drug-likeness (QED) is 0.575. The maximum atomic E-state index is 12.6. The summed E-state index contributed by atoms with van der Waals surface area (Å²) in [6.45, 7) is 4.84. The first kappa shape index (κ1) is 20.3. The van der Waals surface area contributed by atoms with E-state index in [-0.39, 0.29) is 23.2 Å². The van der Waals surface area contributed by atoms with Gasteiger partial charge in [0.25, 0.3) is 11.6 Å². The van der Waals surface area contributed by atoms with Crippen molar-refractivity contribution in [2.24, 2.45) is 5.73 Å². The number of benzene rings is 2. The molecule has 0 radical (unpaired) electrons. The summed E-state index contributed by atoms with van der Waals surface area (Å²) in [6, 6.07) is 9.90. The fourth-order valence-electron chi connectivity index (χ4n) is 3.64. The van der Waals surface area contributed by atoms with Crippen molar-refractivity contribution >= 4 is 23.2 Å². The van der Waals surface area contributed by atoms with Gasteiger partial charge in [-0.1, -0.05) is 6.07 Å². The van der Waals surface area contributed by atoms with Gasteiger partial charge in [-0.15, -0.1) is 0 Å². The molecule has 0 atom stereocenters. The lowest BCUT2D eigenvalue weighted by Gasteiger charge is -2.32. The molecule has 0 fully saturated rings. The lowest BCUT2D eigenvalue weighted by atomic mass is 9.95. The molecule has 8 nitrogen and oxygen atoms in total. The number of nitro groups is 1. The van der Waals surface area contributed by atoms with Gasteiger partial charge in [-0.3, -0.25) is 19.7 Å². The molecule has 0 spiro atoms. The molecule has 152 valence electrons. The van der Waals surface area contributed by atoms with Crippen LogP contribution >= 0.6 is 0 Å². The molecule has 0 aromatic heterocycles. The minimum Gasteiger partial charge on any atom is -0.367 e. The van der Waals surface area contributed by atoms with Crippen LogP contribution in [-0.4, -0.2) is 29.3 Å². The third-order valence-electron chi connectivity index (χ3n) is 4.94. The number of hydrogen-bond acceptors (Lipinski definition) is 5. The number of anilines is 1. The lowest BCUT2D eigenvalue weighted by Crippen LogP contribution is -2.34. The molecule has 3 rings (SSSR count). The molecular weight excluding hydrogens is 372 g/mol. The summed E-state index contributed by atoms with van der Waals surface area (Å²) in [5.41, 5.74) is 8.20. The first-order chi connectivity index (χ1) is 13.8. The average molecular weight is 396 g/mol. The highest BCUT2D eigenvalue weighted by Crippen LogP contribution is 2.32. The minimum atomic E-state index is -0.705. The zero-order valence-corrected chi connectivity index (χ0v) is 16.5. The molecule has 0 bridgehead atoms. The van der Waals surface area contributed by atoms with E-state index in [1.807, 2.05) is 36.9 Å². The number of nitrogens with two attached hydrogens (primary N) is 1. The molecule has 1 aliphatic rings. The Labute approximate surface area is 168 Å². The van der Waals surface area contributed by atoms with E-state index in [0.717, 1.165) is 30.6 Å². The van der Waals surface area contributed by atoms with Gasteiger partial charge in [0.2, 0.25) is 5.91 Å². The molecule has 1 heterocycles. The fraction of sp³-hybridized carbons (Fsp3) is 0.333. The van der Waals surface area contributed by atoms with Crippen molar-refractivity contribution in [2.75, 3.05) is 11.4 Å². The second-order valence-electron chi connectivity index (χ2n) is 7.42. The molecule has 0 aliphatic carbocycles. The molecule has 29 heavy (non-hydrogen) atoms. The van der Waals surface area contributed by atoms with E-state index in [9.17, 15) is 19.7 Å². The van der Waals surface area contributed by atoms with E-state index >= 15 is 0 Å². The van der Waals surface area contributed by atoms with Gasteiger partial charge in [-0.25, -0.2) is 0 Å². The first-order valence-corrected chi connectivity index (χ1v) is 9.52. The number of nitrogens with zero attached hydrogens (tertiary/aromatic N) is 2. The number of rotatable bonds is 6. The van der Waals surface area contributed by atoms with Crippen LogP contribution in [0.1, 0.15) is 52.1 Å². The summed E-state index contributed by atoms with van der Waals surface area (Å²) in [4.78, 5) is 37.0. The number of nitrogens with one attached hydrogen (secondary N) is 1. The third-order valence-corrected chi connectivity index (χ3v) is 4.94. The number of carbonyl (C=O) groups excluding carboxylic acids is 2. The molecule has 3 N–H and O–H groups in total. The maximum absolute atomic E-state index is 12.6. The molecule has 8 heteroatoms. The Balaban J connectivity index is 1.95. The van der Waals surface area contributed by atoms with E-state index in [0.29, 0.717) is 17.7 Å². The van der Waals surface area contributed by atoms with Gasteiger partial charge in [-0.2, -0.15) is 0 Å². The molecule has 1 aliphatic heterocycles. The molecule has 2 amide bonds. The minimum absolute atomic E-state index is 0.0319. The Bertz CT molecular complexity index is 971. The van der Waals surface area contributed by atoms with Crippen molar-refractivity contribution in [2.45, 2.75) is 39.3 Å². The molecular formula is C21H24N4O4. The Kier molecular flexibility index (Phi) is 5.81. The van der Waals surface area contributed by atoms with E-state index in [1.54, 1.807) is 6.07 Å². The predicted molar refractivity (Wildman–Crippen MR) is 110 cm³/mol. The summed E-state index contributed by atoms with van der Waals surface area (Å²) in [7, 11) is 0. The van der Waals surface area contributed by atoms with Crippen LogP contribution in [-0.2, 0) is 13.0 Å². The van der Waals surface area contributed by atoms with E-state index in [4.69, 9.17) is 5.73 Å². The van der Waals surface area contributed by atoms with E-state index < -0.39 is 10.8 Å². The van der Waals surface area contributed by atoms with Crippen molar-refractivity contribution in [3.63, 3.8) is 0 Å². The van der Waals surface area contributed by atoms with E-state index in [2.05, 4.69) is 5.32 Å². The maximum Gasteiger partial charge on any atom is 0.275 e. The van der Waals surface area contributed by atoms with Crippen LogP contribution in [0.5, 0.6) is 0 Å². The van der Waals surface area contributed by atoms with Crippen LogP contribution in [0, 0.1) is 10.1 Å². The smallest absolute Gasteiger partial charge is 0.275 e. The van der Waals surface area contributed by atoms with Crippen molar-refractivity contribution in [1.82, 2.24) is 5.32 Å². The highest BCUT2D eigenvalue weighted by molar-refractivity contribution is 5.97. The number of nitro benzene ring substituents is 1. The SMILES string of the molecule is CC(C)NC(=O)c1cccc2c1CCCN2Cc1ccc(C(N)=O)cc1[N+](=O)[O-]. The number of carbonyl (C=O) groups is 2. The van der Waals surface area contributed by atoms with Gasteiger partial charge in [-0.05, 0) is 56.5 Å². The van der Waals surface area contributed by atoms with Gasteiger partial charge in [0.05, 0.1) is 4.92 Å². The first-order valence-electron chi connectivity index (χ1n) is 9.52. The second-order valence-corrected chi connectivity index (χ2v) is 7.42. The summed E-state index contributed by atoms with van der Waals surface area (Å²) in [5.74, 6) is -0.820. The van der Waals surface area contributed by atoms with Gasteiger partial charge in [0.15, 0.2) is 0 Å². The van der Waals surface area contributed by atoms with Crippen LogP contribution < -0.4 is 16.0 Å². The number of fused-ring (bicyclic) bond motifs is 1. The van der Waals surface area contributed by atoms with Crippen molar-refractivity contribution in [3.05, 3.63) is 68.8 Å². The molecule has 0 unspecified atom stereocenters. The van der Waals surface area contributed by atoms with Crippen LogP contribution in [0.2, 0.25) is 0 Å². The van der Waals surface area contributed by atoms with Crippen molar-refractivity contribution in [1.29, 1.82) is 0 Å². The highest BCUT2D eigenvalue weighted by Gasteiger charge is 2.25. The summed E-state index contributed by atoms with van der Waals surface area (Å²) < 4.78 is 0. The zero-order chi connectivity index (χ0) is 21.1.